The first-order valence-electron chi connectivity index (χ1n) is 28.7. The van der Waals surface area contributed by atoms with Gasteiger partial charge in [-0.1, -0.05) is 0 Å². The Hall–Kier alpha value is 2.93. The van der Waals surface area contributed by atoms with Crippen molar-refractivity contribution in [3.8, 4) is 0 Å². The van der Waals surface area contributed by atoms with Gasteiger partial charge in [0.15, 0.2) is 0 Å². The molecular weight excluding hydrogens is 1120 g/mol. The molecule has 3 nitrogen and oxygen atoms in total. The monoisotopic (exact) mass is 1220 g/mol. The minimum atomic E-state index is -4.56. The van der Waals surface area contributed by atoms with Gasteiger partial charge in [-0.25, -0.2) is 0 Å². The Morgan fingerprint density at radius 1 is 0.210 bits per heavy atom. The van der Waals surface area contributed by atoms with Crippen molar-refractivity contribution >= 4 is 77.8 Å². The third kappa shape index (κ3) is 19.6. The summed E-state index contributed by atoms with van der Waals surface area (Å²) in [4.78, 5) is 26.8. The SMILES string of the molecule is C1CC[CH]([Sn+]([CH]2CCCCC2)[CH]2CCCCC2)CC1.C1CC[CH]([Sn+]([CH]2CCCCC2)[CH]2CCCCC2)CC1.C1CC[CH]([Sn+]([CH]2CCCCC2)[CH]2CCCCC2)CC1.[O-]P([O-])([O-])=S. The van der Waals surface area contributed by atoms with Gasteiger partial charge in [-0.3, -0.25) is 0 Å². The molecule has 0 heterocycles. The Morgan fingerprint density at radius 3 is 0.371 bits per heavy atom. The van der Waals surface area contributed by atoms with Crippen LogP contribution in [0.25, 0.3) is 0 Å². The summed E-state index contributed by atoms with van der Waals surface area (Å²) in [5.41, 5.74) is 0. The summed E-state index contributed by atoms with van der Waals surface area (Å²) in [5, 5.41) is 0. The predicted octanol–water partition coefficient (Wildman–Crippen LogP) is 16.7. The zero-order valence-corrected chi connectivity index (χ0v) is 50.9. The fourth-order valence-corrected chi connectivity index (χ4v) is 60.7. The van der Waals surface area contributed by atoms with E-state index in [4.69, 9.17) is 14.7 Å². The van der Waals surface area contributed by atoms with E-state index in [9.17, 15) is 0 Å². The van der Waals surface area contributed by atoms with Crippen LogP contribution in [0.4, 0.5) is 0 Å². The Labute approximate surface area is 412 Å². The van der Waals surface area contributed by atoms with Gasteiger partial charge in [0, 0.05) is 0 Å². The van der Waals surface area contributed by atoms with E-state index in [-0.39, 0.29) is 0 Å². The van der Waals surface area contributed by atoms with Gasteiger partial charge in [-0.05, 0) is 0 Å². The summed E-state index contributed by atoms with van der Waals surface area (Å²) in [6, 6.07) is 0. The Morgan fingerprint density at radius 2 is 0.290 bits per heavy atom. The molecule has 0 aromatic carbocycles. The maximum Gasteiger partial charge on any atom is -0.151 e. The summed E-state index contributed by atoms with van der Waals surface area (Å²) in [7, 11) is 0. The number of rotatable bonds is 9. The quantitative estimate of drug-likeness (QED) is 0.170. The molecule has 0 aliphatic heterocycles. The maximum absolute atomic E-state index is 8.92. The molecule has 9 saturated carbocycles. The minimum Gasteiger partial charge on any atom is -0.844 e. The Balaban J connectivity index is 0.000000147. The van der Waals surface area contributed by atoms with Crippen LogP contribution >= 0.6 is 6.72 Å². The topological polar surface area (TPSA) is 69.2 Å². The van der Waals surface area contributed by atoms with Gasteiger partial charge in [-0.15, -0.1) is 0 Å². The van der Waals surface area contributed by atoms with Gasteiger partial charge in [-0.2, -0.15) is 11.8 Å². The van der Waals surface area contributed by atoms with Crippen LogP contribution in [0.15, 0.2) is 0 Å². The zero-order chi connectivity index (χ0) is 43.2. The summed E-state index contributed by atoms with van der Waals surface area (Å²) < 4.78 is 11.9. The van der Waals surface area contributed by atoms with Gasteiger partial charge in [0.2, 0.25) is 0 Å². The van der Waals surface area contributed by atoms with Gasteiger partial charge >= 0.3 is 384 Å². The van der Waals surface area contributed by atoms with E-state index in [0.29, 0.717) is 0 Å². The molecule has 9 aliphatic carbocycles. The second-order valence-electron chi connectivity index (χ2n) is 23.0. The largest absolute Gasteiger partial charge is 0.844 e. The zero-order valence-electron chi connectivity index (χ0n) is 40.6. The van der Waals surface area contributed by atoms with Gasteiger partial charge < -0.3 is 21.4 Å². The van der Waals surface area contributed by atoms with Crippen LogP contribution < -0.4 is 14.7 Å². The molecule has 8 heteroatoms. The Bertz CT molecular complexity index is 902. The molecular formula is C54H99O3PSSn3. The third-order valence-corrected chi connectivity index (χ3v) is 57.7. The first-order valence-corrected chi connectivity index (χ1v) is 46.1. The van der Waals surface area contributed by atoms with Crippen LogP contribution in [-0.4, -0.2) is 59.3 Å². The summed E-state index contributed by atoms with van der Waals surface area (Å²) >= 11 is -0.182. The molecule has 9 aliphatic rings. The molecule has 356 valence electrons. The average molecular weight is 1220 g/mol. The maximum atomic E-state index is 8.92. The molecule has 0 aromatic heterocycles. The van der Waals surface area contributed by atoms with Crippen molar-refractivity contribution in [2.45, 2.75) is 324 Å². The fraction of sp³-hybridized carbons (Fsp3) is 1.00. The second-order valence-corrected chi connectivity index (χ2v) is 54.7. The van der Waals surface area contributed by atoms with Crippen LogP contribution in [-0.2, 0) is 11.8 Å². The standard InChI is InChI=1S/9C6H11.H3O3PS.3Sn/c9*1-2-4-6-5-3-1;1-4(2,3)5;;;/h9*1H,2-6H2;(H3,1,2,3,5);;;/q;;;;;;;;;;3*+1/p-3. The normalized spacial score (nSPS) is 27.1. The first-order chi connectivity index (χ1) is 30.3. The molecule has 62 heavy (non-hydrogen) atoms. The van der Waals surface area contributed by atoms with Crippen LogP contribution in [0.3, 0.4) is 0 Å². The van der Waals surface area contributed by atoms with E-state index in [1.165, 1.54) is 35.4 Å². The van der Waals surface area contributed by atoms with Crippen molar-refractivity contribution < 1.29 is 14.7 Å². The molecule has 0 atom stereocenters. The molecule has 9 fully saturated rings. The number of hydrogen-bond donors (Lipinski definition) is 0. The van der Waals surface area contributed by atoms with Crippen molar-refractivity contribution in [2.24, 2.45) is 0 Å². The van der Waals surface area contributed by atoms with E-state index >= 15 is 0 Å². The molecule has 0 saturated heterocycles. The van der Waals surface area contributed by atoms with Crippen molar-refractivity contribution in [3.05, 3.63) is 0 Å². The molecule has 9 rings (SSSR count). The second kappa shape index (κ2) is 31.3. The van der Waals surface area contributed by atoms with Crippen molar-refractivity contribution in [2.75, 3.05) is 0 Å². The molecule has 0 radical (unpaired) electrons. The number of hydrogen-bond acceptors (Lipinski definition) is 4. The van der Waals surface area contributed by atoms with Crippen molar-refractivity contribution in [3.63, 3.8) is 0 Å². The van der Waals surface area contributed by atoms with Crippen LogP contribution in [0.5, 0.6) is 0 Å². The summed E-state index contributed by atoms with van der Waals surface area (Å²) in [5.74, 6) is 0. The van der Waals surface area contributed by atoms with E-state index < -0.39 is 66.0 Å². The smallest absolute Gasteiger partial charge is 0.151 e. The first kappa shape index (κ1) is 54.3. The summed E-state index contributed by atoms with van der Waals surface area (Å²) in [6.45, 7) is -4.56. The third-order valence-electron chi connectivity index (χ3n) is 18.7. The molecule has 0 unspecified atom stereocenters. The van der Waals surface area contributed by atoms with Crippen LogP contribution in [0.1, 0.15) is 289 Å². The molecule has 0 bridgehead atoms. The van der Waals surface area contributed by atoms with Crippen molar-refractivity contribution in [1.29, 1.82) is 0 Å². The molecule has 0 spiro atoms. The van der Waals surface area contributed by atoms with E-state index in [1.54, 1.807) is 289 Å². The molecule has 0 N–H and O–H groups in total. The van der Waals surface area contributed by atoms with E-state index in [1.807, 2.05) is 0 Å². The van der Waals surface area contributed by atoms with Crippen LogP contribution in [0, 0.1) is 0 Å². The van der Waals surface area contributed by atoms with Crippen molar-refractivity contribution in [1.82, 2.24) is 0 Å². The summed E-state index contributed by atoms with van der Waals surface area (Å²) in [6.07, 6.45) is 72.7. The van der Waals surface area contributed by atoms with Gasteiger partial charge in [0.05, 0.1) is 0 Å². The average Bonchev–Trinajstić information content (AvgIpc) is 3.32. The van der Waals surface area contributed by atoms with Gasteiger partial charge in [0.1, 0.15) is 0 Å². The Kier molecular flexibility index (Phi) is 27.4. The van der Waals surface area contributed by atoms with Crippen LogP contribution in [0.2, 0.25) is 35.4 Å². The van der Waals surface area contributed by atoms with Gasteiger partial charge in [0.25, 0.3) is 0 Å². The predicted molar refractivity (Wildman–Crippen MR) is 273 cm³/mol. The van der Waals surface area contributed by atoms with E-state index in [0.717, 1.165) is 0 Å². The van der Waals surface area contributed by atoms with E-state index in [2.05, 4.69) is 11.8 Å². The molecule has 0 aromatic rings. The molecule has 0 amide bonds. The minimum absolute atomic E-state index is 1.15. The fourth-order valence-electron chi connectivity index (χ4n) is 15.9.